The average Bonchev–Trinajstić information content (AvgIpc) is 2.66. The van der Waals surface area contributed by atoms with Gasteiger partial charge in [-0.25, -0.2) is 4.39 Å². The molecule has 4 nitrogen and oxygen atoms in total. The van der Waals surface area contributed by atoms with Gasteiger partial charge in [-0.3, -0.25) is 4.79 Å². The molecule has 0 aliphatic carbocycles. The summed E-state index contributed by atoms with van der Waals surface area (Å²) < 4.78 is 23.9. The predicted molar refractivity (Wildman–Crippen MR) is 99.6 cm³/mol. The number of halogens is 1. The van der Waals surface area contributed by atoms with Gasteiger partial charge in [0.15, 0.2) is 0 Å². The Morgan fingerprint density at radius 1 is 1.08 bits per heavy atom. The standard InChI is InChI=1S/C21H26FNO3/c1-21(2,26-4)20(24)23(14-13-16-9-11-18(22)12-10-16)15-17-7-5-6-8-19(17)25-3/h5-12H,13-15H2,1-4H3. The number of para-hydroxylation sites is 1. The number of hydrogen-bond acceptors (Lipinski definition) is 3. The summed E-state index contributed by atoms with van der Waals surface area (Å²) in [5, 5.41) is 0. The van der Waals surface area contributed by atoms with Crippen molar-refractivity contribution >= 4 is 5.91 Å². The fraction of sp³-hybridized carbons (Fsp3) is 0.381. The van der Waals surface area contributed by atoms with Gasteiger partial charge >= 0.3 is 0 Å². The van der Waals surface area contributed by atoms with E-state index < -0.39 is 5.60 Å². The van der Waals surface area contributed by atoms with Crippen LogP contribution in [0.3, 0.4) is 0 Å². The second kappa shape index (κ2) is 8.81. The summed E-state index contributed by atoms with van der Waals surface area (Å²) >= 11 is 0. The molecule has 0 radical (unpaired) electrons. The average molecular weight is 359 g/mol. The third-order valence-corrected chi connectivity index (χ3v) is 4.45. The molecule has 26 heavy (non-hydrogen) atoms. The highest BCUT2D eigenvalue weighted by Gasteiger charge is 2.32. The first-order chi connectivity index (χ1) is 12.4. The molecule has 0 fully saturated rings. The van der Waals surface area contributed by atoms with E-state index in [1.807, 2.05) is 24.3 Å². The van der Waals surface area contributed by atoms with Gasteiger partial charge < -0.3 is 14.4 Å². The van der Waals surface area contributed by atoms with Crippen molar-refractivity contribution in [3.05, 3.63) is 65.5 Å². The van der Waals surface area contributed by atoms with Crippen LogP contribution in [0.2, 0.25) is 0 Å². The second-order valence-corrected chi connectivity index (χ2v) is 6.63. The van der Waals surface area contributed by atoms with E-state index in [4.69, 9.17) is 9.47 Å². The molecule has 0 saturated heterocycles. The lowest BCUT2D eigenvalue weighted by atomic mass is 10.1. The molecule has 0 saturated carbocycles. The zero-order valence-electron chi connectivity index (χ0n) is 15.8. The van der Waals surface area contributed by atoms with Gasteiger partial charge in [-0.05, 0) is 44.0 Å². The quantitative estimate of drug-likeness (QED) is 0.719. The van der Waals surface area contributed by atoms with Crippen LogP contribution in [-0.4, -0.2) is 37.2 Å². The third kappa shape index (κ3) is 5.05. The van der Waals surface area contributed by atoms with E-state index in [9.17, 15) is 9.18 Å². The van der Waals surface area contributed by atoms with Crippen molar-refractivity contribution in [1.82, 2.24) is 4.90 Å². The van der Waals surface area contributed by atoms with E-state index in [1.165, 1.54) is 19.2 Å². The summed E-state index contributed by atoms with van der Waals surface area (Å²) in [7, 11) is 3.14. The minimum atomic E-state index is -0.926. The van der Waals surface area contributed by atoms with E-state index >= 15 is 0 Å². The van der Waals surface area contributed by atoms with Crippen LogP contribution in [0.5, 0.6) is 5.75 Å². The first-order valence-electron chi connectivity index (χ1n) is 8.58. The zero-order valence-corrected chi connectivity index (χ0v) is 15.8. The lowest BCUT2D eigenvalue weighted by molar-refractivity contribution is -0.151. The Morgan fingerprint density at radius 3 is 2.35 bits per heavy atom. The minimum absolute atomic E-state index is 0.104. The smallest absolute Gasteiger partial charge is 0.254 e. The first-order valence-corrected chi connectivity index (χ1v) is 8.58. The van der Waals surface area contributed by atoms with Gasteiger partial charge in [0, 0.05) is 25.8 Å². The maximum Gasteiger partial charge on any atom is 0.254 e. The maximum atomic E-state index is 13.1. The van der Waals surface area contributed by atoms with E-state index in [-0.39, 0.29) is 11.7 Å². The van der Waals surface area contributed by atoms with E-state index in [0.29, 0.717) is 19.5 Å². The van der Waals surface area contributed by atoms with Crippen molar-refractivity contribution in [2.75, 3.05) is 20.8 Å². The Hall–Kier alpha value is -2.40. The van der Waals surface area contributed by atoms with Crippen molar-refractivity contribution in [3.63, 3.8) is 0 Å². The molecule has 2 rings (SSSR count). The topological polar surface area (TPSA) is 38.8 Å². The van der Waals surface area contributed by atoms with E-state index in [0.717, 1.165) is 16.9 Å². The maximum absolute atomic E-state index is 13.1. The van der Waals surface area contributed by atoms with Gasteiger partial charge in [-0.15, -0.1) is 0 Å². The Kier molecular flexibility index (Phi) is 6.75. The predicted octanol–water partition coefficient (Wildman–Crippen LogP) is 3.83. The molecule has 1 amide bonds. The molecule has 0 spiro atoms. The minimum Gasteiger partial charge on any atom is -0.496 e. The molecule has 0 unspecified atom stereocenters. The number of nitrogens with zero attached hydrogens (tertiary/aromatic N) is 1. The number of hydrogen-bond donors (Lipinski definition) is 0. The molecular weight excluding hydrogens is 333 g/mol. The molecular formula is C21H26FNO3. The second-order valence-electron chi connectivity index (χ2n) is 6.63. The Labute approximate surface area is 154 Å². The molecule has 0 heterocycles. The highest BCUT2D eigenvalue weighted by Crippen LogP contribution is 2.22. The molecule has 0 atom stereocenters. The van der Waals surface area contributed by atoms with Crippen molar-refractivity contribution in [2.45, 2.75) is 32.4 Å². The van der Waals surface area contributed by atoms with Gasteiger partial charge in [0.25, 0.3) is 5.91 Å². The largest absolute Gasteiger partial charge is 0.496 e. The molecule has 140 valence electrons. The van der Waals surface area contributed by atoms with Crippen molar-refractivity contribution < 1.29 is 18.7 Å². The van der Waals surface area contributed by atoms with Crippen molar-refractivity contribution in [1.29, 1.82) is 0 Å². The van der Waals surface area contributed by atoms with Crippen LogP contribution in [0.25, 0.3) is 0 Å². The number of amides is 1. The van der Waals surface area contributed by atoms with Gasteiger partial charge in [-0.1, -0.05) is 30.3 Å². The number of carbonyl (C=O) groups is 1. The summed E-state index contributed by atoms with van der Waals surface area (Å²) in [6.07, 6.45) is 0.626. The molecule has 0 bridgehead atoms. The Balaban J connectivity index is 2.20. The van der Waals surface area contributed by atoms with Gasteiger partial charge in [-0.2, -0.15) is 0 Å². The summed E-state index contributed by atoms with van der Waals surface area (Å²) in [5.41, 5.74) is 0.971. The molecule has 0 aliphatic heterocycles. The fourth-order valence-corrected chi connectivity index (χ4v) is 2.67. The van der Waals surface area contributed by atoms with Crippen molar-refractivity contribution in [2.24, 2.45) is 0 Å². The molecule has 5 heteroatoms. The van der Waals surface area contributed by atoms with Crippen molar-refractivity contribution in [3.8, 4) is 5.75 Å². The molecule has 0 N–H and O–H groups in total. The number of carbonyl (C=O) groups excluding carboxylic acids is 1. The van der Waals surface area contributed by atoms with Crippen LogP contribution in [0.15, 0.2) is 48.5 Å². The van der Waals surface area contributed by atoms with Crippen LogP contribution < -0.4 is 4.74 Å². The van der Waals surface area contributed by atoms with Crippen LogP contribution in [0.1, 0.15) is 25.0 Å². The SMILES string of the molecule is COc1ccccc1CN(CCc1ccc(F)cc1)C(=O)C(C)(C)OC. The van der Waals surface area contributed by atoms with Crippen LogP contribution in [-0.2, 0) is 22.5 Å². The van der Waals surface area contributed by atoms with Gasteiger partial charge in [0.2, 0.25) is 0 Å². The number of ether oxygens (including phenoxy) is 2. The Bertz CT molecular complexity index is 728. The van der Waals surface area contributed by atoms with Crippen LogP contribution >= 0.6 is 0 Å². The molecule has 2 aromatic rings. The normalized spacial score (nSPS) is 11.3. The van der Waals surface area contributed by atoms with Crippen LogP contribution in [0.4, 0.5) is 4.39 Å². The lowest BCUT2D eigenvalue weighted by Crippen LogP contribution is -2.46. The third-order valence-electron chi connectivity index (χ3n) is 4.45. The van der Waals surface area contributed by atoms with Gasteiger partial charge in [0.05, 0.1) is 7.11 Å². The molecule has 0 aromatic heterocycles. The van der Waals surface area contributed by atoms with Gasteiger partial charge in [0.1, 0.15) is 17.2 Å². The summed E-state index contributed by atoms with van der Waals surface area (Å²) in [5.74, 6) is 0.367. The highest BCUT2D eigenvalue weighted by molar-refractivity contribution is 5.84. The number of benzene rings is 2. The van der Waals surface area contributed by atoms with Crippen LogP contribution in [0, 0.1) is 5.82 Å². The first kappa shape index (κ1) is 19.9. The highest BCUT2D eigenvalue weighted by atomic mass is 19.1. The summed E-state index contributed by atoms with van der Waals surface area (Å²) in [6.45, 7) is 4.41. The van der Waals surface area contributed by atoms with E-state index in [2.05, 4.69) is 0 Å². The molecule has 2 aromatic carbocycles. The lowest BCUT2D eigenvalue weighted by Gasteiger charge is -2.31. The summed E-state index contributed by atoms with van der Waals surface area (Å²) in [6, 6.07) is 14.0. The zero-order chi connectivity index (χ0) is 19.2. The summed E-state index contributed by atoms with van der Waals surface area (Å²) in [4.78, 5) is 14.7. The Morgan fingerprint density at radius 2 is 1.73 bits per heavy atom. The number of methoxy groups -OCH3 is 2. The van der Waals surface area contributed by atoms with E-state index in [1.54, 1.807) is 38.0 Å². The molecule has 0 aliphatic rings. The fourth-order valence-electron chi connectivity index (χ4n) is 2.67. The monoisotopic (exact) mass is 359 g/mol. The number of rotatable bonds is 8.